The van der Waals surface area contributed by atoms with E-state index in [1.807, 2.05) is 48.6 Å². The first-order valence-electron chi connectivity index (χ1n) is 5.32. The molecule has 0 spiro atoms. The molecular formula is C14H16FeO2. The third kappa shape index (κ3) is 5.62. The molecule has 0 fully saturated rings. The fourth-order valence-electron chi connectivity index (χ4n) is 1.41. The molecule has 0 radical (unpaired) electrons. The molecule has 2 rings (SSSR count). The van der Waals surface area contributed by atoms with Crippen LogP contribution in [0.4, 0.5) is 0 Å². The maximum absolute atomic E-state index is 10.5. The number of Topliss-reactive ketones (excluding diaryl/α,β-unsaturated/α-hetero) is 2. The SMILES string of the molecule is CC(=O)C1C=CC=C1.CC(=O)C1C=CC=C1.[Fe]. The Hall–Kier alpha value is -1.18. The van der Waals surface area contributed by atoms with Gasteiger partial charge in [0, 0.05) is 17.1 Å². The van der Waals surface area contributed by atoms with Crippen molar-refractivity contribution in [3.8, 4) is 0 Å². The average Bonchev–Trinajstić information content (AvgIpc) is 2.93. The predicted molar refractivity (Wildman–Crippen MR) is 64.9 cm³/mol. The summed E-state index contributed by atoms with van der Waals surface area (Å²) in [5.74, 6) is 0.565. The van der Waals surface area contributed by atoms with E-state index in [0.29, 0.717) is 0 Å². The van der Waals surface area contributed by atoms with Gasteiger partial charge in [-0.2, -0.15) is 0 Å². The van der Waals surface area contributed by atoms with Gasteiger partial charge in [-0.15, -0.1) is 0 Å². The van der Waals surface area contributed by atoms with Crippen molar-refractivity contribution in [3.63, 3.8) is 0 Å². The zero-order valence-corrected chi connectivity index (χ0v) is 11.0. The van der Waals surface area contributed by atoms with E-state index in [-0.39, 0.29) is 40.5 Å². The summed E-state index contributed by atoms with van der Waals surface area (Å²) in [4.78, 5) is 21.1. The normalized spacial score (nSPS) is 16.6. The fraction of sp³-hybridized carbons (Fsp3) is 0.286. The molecule has 0 heterocycles. The van der Waals surface area contributed by atoms with E-state index < -0.39 is 0 Å². The summed E-state index contributed by atoms with van der Waals surface area (Å²) < 4.78 is 0. The van der Waals surface area contributed by atoms with Crippen LogP contribution in [0.25, 0.3) is 0 Å². The Morgan fingerprint density at radius 2 is 0.941 bits per heavy atom. The van der Waals surface area contributed by atoms with Gasteiger partial charge in [-0.1, -0.05) is 48.6 Å². The Kier molecular flexibility index (Phi) is 7.44. The van der Waals surface area contributed by atoms with Crippen LogP contribution in [0.1, 0.15) is 13.8 Å². The Balaban J connectivity index is 0.000000284. The third-order valence-corrected chi connectivity index (χ3v) is 2.43. The molecule has 92 valence electrons. The molecule has 2 aliphatic rings. The Bertz CT molecular complexity index is 327. The largest absolute Gasteiger partial charge is 0.299 e. The van der Waals surface area contributed by atoms with E-state index in [1.54, 1.807) is 13.8 Å². The zero-order chi connectivity index (χ0) is 12.0. The van der Waals surface area contributed by atoms with Crippen molar-refractivity contribution in [1.29, 1.82) is 0 Å². The molecule has 0 N–H and O–H groups in total. The topological polar surface area (TPSA) is 34.1 Å². The molecule has 0 aromatic heterocycles. The van der Waals surface area contributed by atoms with Crippen molar-refractivity contribution in [3.05, 3.63) is 48.6 Å². The van der Waals surface area contributed by atoms with Crippen molar-refractivity contribution in [2.24, 2.45) is 11.8 Å². The number of carbonyl (C=O) groups excluding carboxylic acids is 2. The monoisotopic (exact) mass is 272 g/mol. The second kappa shape index (κ2) is 7.99. The quantitative estimate of drug-likeness (QED) is 0.724. The second-order valence-corrected chi connectivity index (χ2v) is 3.81. The van der Waals surface area contributed by atoms with Gasteiger partial charge < -0.3 is 0 Å². The molecule has 0 unspecified atom stereocenters. The molecule has 0 atom stereocenters. The van der Waals surface area contributed by atoms with Crippen molar-refractivity contribution in [2.75, 3.05) is 0 Å². The van der Waals surface area contributed by atoms with Crippen molar-refractivity contribution >= 4 is 11.6 Å². The first-order chi connectivity index (χ1) is 7.61. The van der Waals surface area contributed by atoms with Crippen LogP contribution in [0.15, 0.2) is 48.6 Å². The van der Waals surface area contributed by atoms with Gasteiger partial charge in [-0.05, 0) is 13.8 Å². The van der Waals surface area contributed by atoms with Crippen LogP contribution in [0.5, 0.6) is 0 Å². The molecule has 0 aromatic rings. The second-order valence-electron chi connectivity index (χ2n) is 3.81. The maximum atomic E-state index is 10.5. The van der Waals surface area contributed by atoms with Crippen LogP contribution < -0.4 is 0 Å². The molecule has 0 aromatic carbocycles. The summed E-state index contributed by atoms with van der Waals surface area (Å²) in [6, 6.07) is 0. The summed E-state index contributed by atoms with van der Waals surface area (Å²) in [7, 11) is 0. The van der Waals surface area contributed by atoms with Gasteiger partial charge in [0.2, 0.25) is 0 Å². The molecule has 0 amide bonds. The molecule has 0 bridgehead atoms. The van der Waals surface area contributed by atoms with Gasteiger partial charge in [-0.3, -0.25) is 9.59 Å². The number of ketones is 2. The minimum absolute atomic E-state index is 0. The first-order valence-corrected chi connectivity index (χ1v) is 5.32. The van der Waals surface area contributed by atoms with Gasteiger partial charge >= 0.3 is 0 Å². The van der Waals surface area contributed by atoms with Crippen LogP contribution in [-0.2, 0) is 26.7 Å². The van der Waals surface area contributed by atoms with E-state index in [9.17, 15) is 9.59 Å². The predicted octanol–water partition coefficient (Wildman–Crippen LogP) is 2.63. The fourth-order valence-corrected chi connectivity index (χ4v) is 1.41. The van der Waals surface area contributed by atoms with Gasteiger partial charge in [0.05, 0.1) is 11.8 Å². The number of allylic oxidation sites excluding steroid dienone is 8. The van der Waals surface area contributed by atoms with E-state index in [2.05, 4.69) is 0 Å². The third-order valence-electron chi connectivity index (χ3n) is 2.43. The van der Waals surface area contributed by atoms with Gasteiger partial charge in [0.25, 0.3) is 0 Å². The van der Waals surface area contributed by atoms with E-state index in [4.69, 9.17) is 0 Å². The van der Waals surface area contributed by atoms with Crippen LogP contribution in [-0.4, -0.2) is 11.6 Å². The molecule has 3 heteroatoms. The minimum Gasteiger partial charge on any atom is -0.299 e. The van der Waals surface area contributed by atoms with Gasteiger partial charge in [0.1, 0.15) is 11.6 Å². The first kappa shape index (κ1) is 15.8. The molecular weight excluding hydrogens is 256 g/mol. The standard InChI is InChI=1S/2C7H8O.Fe/c2*1-6(8)7-4-2-3-5-7;/h2*2-5,7H,1H3;. The van der Waals surface area contributed by atoms with Crippen LogP contribution in [0.2, 0.25) is 0 Å². The van der Waals surface area contributed by atoms with Crippen molar-refractivity contribution in [1.82, 2.24) is 0 Å². The van der Waals surface area contributed by atoms with E-state index in [0.717, 1.165) is 0 Å². The number of rotatable bonds is 2. The number of hydrogen-bond donors (Lipinski definition) is 0. The Morgan fingerprint density at radius 1 is 0.706 bits per heavy atom. The van der Waals surface area contributed by atoms with Crippen LogP contribution in [0, 0.1) is 11.8 Å². The molecule has 0 aliphatic heterocycles. The van der Waals surface area contributed by atoms with Crippen molar-refractivity contribution < 1.29 is 26.7 Å². The molecule has 2 nitrogen and oxygen atoms in total. The van der Waals surface area contributed by atoms with Gasteiger partial charge in [0.15, 0.2) is 0 Å². The summed E-state index contributed by atoms with van der Waals surface area (Å²) in [6.45, 7) is 3.20. The van der Waals surface area contributed by atoms with Crippen molar-refractivity contribution in [2.45, 2.75) is 13.8 Å². The average molecular weight is 272 g/mol. The summed E-state index contributed by atoms with van der Waals surface area (Å²) in [6.07, 6.45) is 15.1. The number of carbonyl (C=O) groups is 2. The van der Waals surface area contributed by atoms with Gasteiger partial charge in [-0.25, -0.2) is 0 Å². The van der Waals surface area contributed by atoms with E-state index in [1.165, 1.54) is 0 Å². The molecule has 0 saturated carbocycles. The summed E-state index contributed by atoms with van der Waals surface area (Å²) >= 11 is 0. The zero-order valence-electron chi connectivity index (χ0n) is 9.94. The summed E-state index contributed by atoms with van der Waals surface area (Å²) in [5.41, 5.74) is 0. The molecule has 2 aliphatic carbocycles. The van der Waals surface area contributed by atoms with Crippen LogP contribution >= 0.6 is 0 Å². The molecule has 0 saturated heterocycles. The smallest absolute Gasteiger partial charge is 0.140 e. The maximum Gasteiger partial charge on any atom is 0.140 e. The van der Waals surface area contributed by atoms with E-state index >= 15 is 0 Å². The summed E-state index contributed by atoms with van der Waals surface area (Å²) in [5, 5.41) is 0. The van der Waals surface area contributed by atoms with Crippen LogP contribution in [0.3, 0.4) is 0 Å². The number of hydrogen-bond acceptors (Lipinski definition) is 2. The molecule has 17 heavy (non-hydrogen) atoms. The Morgan fingerprint density at radius 3 is 1.06 bits per heavy atom. The minimum atomic E-state index is 0. The Labute approximate surface area is 113 Å².